The van der Waals surface area contributed by atoms with Crippen molar-refractivity contribution in [3.63, 3.8) is 0 Å². The molecule has 0 spiro atoms. The highest BCUT2D eigenvalue weighted by atomic mass is 19.1. The van der Waals surface area contributed by atoms with E-state index in [1.807, 2.05) is 0 Å². The minimum atomic E-state index is -0.615. The lowest BCUT2D eigenvalue weighted by molar-refractivity contribution is -0.120. The number of rotatable bonds is 6. The fourth-order valence-corrected chi connectivity index (χ4v) is 2.68. The van der Waals surface area contributed by atoms with Crippen molar-refractivity contribution >= 4 is 11.8 Å². The number of halogens is 2. The smallest absolute Gasteiger partial charge is 0.251 e. The monoisotopic (exact) mass is 384 g/mol. The molecule has 0 saturated heterocycles. The van der Waals surface area contributed by atoms with E-state index in [1.54, 1.807) is 36.1 Å². The Bertz CT molecular complexity index is 969. The van der Waals surface area contributed by atoms with E-state index in [0.717, 1.165) is 0 Å². The van der Waals surface area contributed by atoms with Crippen LogP contribution in [-0.2, 0) is 11.8 Å². The summed E-state index contributed by atoms with van der Waals surface area (Å²) < 4.78 is 27.9. The third kappa shape index (κ3) is 4.59. The van der Waals surface area contributed by atoms with Gasteiger partial charge in [-0.25, -0.2) is 13.8 Å². The standard InChI is InChI=1S/C20H18F2N4O2/c1-26-11-10-23-19(26)18(13-2-6-15(21)7-3-13)25-17(27)12-24-20(28)14-4-8-16(22)9-5-14/h2-11,18H,12H2,1H3,(H,24,28)(H,25,27). The van der Waals surface area contributed by atoms with E-state index in [1.165, 1.54) is 36.4 Å². The van der Waals surface area contributed by atoms with Gasteiger partial charge < -0.3 is 15.2 Å². The molecule has 0 bridgehead atoms. The summed E-state index contributed by atoms with van der Waals surface area (Å²) in [4.78, 5) is 28.7. The van der Waals surface area contributed by atoms with Crippen molar-refractivity contribution in [3.8, 4) is 0 Å². The molecule has 3 aromatic rings. The second-order valence-electron chi connectivity index (χ2n) is 6.14. The zero-order valence-corrected chi connectivity index (χ0v) is 15.0. The molecule has 3 rings (SSSR count). The Labute approximate surface area is 160 Å². The van der Waals surface area contributed by atoms with Crippen LogP contribution in [0.4, 0.5) is 8.78 Å². The fraction of sp³-hybridized carbons (Fsp3) is 0.150. The summed E-state index contributed by atoms with van der Waals surface area (Å²) >= 11 is 0. The molecule has 0 aliphatic heterocycles. The molecule has 1 unspecified atom stereocenters. The Morgan fingerprint density at radius 1 is 1.04 bits per heavy atom. The van der Waals surface area contributed by atoms with Crippen LogP contribution >= 0.6 is 0 Å². The van der Waals surface area contributed by atoms with E-state index >= 15 is 0 Å². The quantitative estimate of drug-likeness (QED) is 0.685. The molecule has 28 heavy (non-hydrogen) atoms. The normalized spacial score (nSPS) is 11.7. The highest BCUT2D eigenvalue weighted by Crippen LogP contribution is 2.20. The molecule has 1 aromatic heterocycles. The van der Waals surface area contributed by atoms with Crippen LogP contribution < -0.4 is 10.6 Å². The third-order valence-electron chi connectivity index (χ3n) is 4.14. The summed E-state index contributed by atoms with van der Waals surface area (Å²) in [6, 6.07) is 10.1. The van der Waals surface area contributed by atoms with Crippen LogP contribution in [0.3, 0.4) is 0 Å². The van der Waals surface area contributed by atoms with Crippen LogP contribution in [0.15, 0.2) is 60.9 Å². The first-order chi connectivity index (χ1) is 13.4. The van der Waals surface area contributed by atoms with Gasteiger partial charge in [0.2, 0.25) is 5.91 Å². The number of carbonyl (C=O) groups excluding carboxylic acids is 2. The lowest BCUT2D eigenvalue weighted by Crippen LogP contribution is -2.39. The average molecular weight is 384 g/mol. The first kappa shape index (κ1) is 19.2. The predicted molar refractivity (Wildman–Crippen MR) is 98.3 cm³/mol. The molecule has 0 radical (unpaired) electrons. The summed E-state index contributed by atoms with van der Waals surface area (Å²) in [6.07, 6.45) is 3.32. The average Bonchev–Trinajstić information content (AvgIpc) is 3.11. The van der Waals surface area contributed by atoms with Crippen LogP contribution in [0.5, 0.6) is 0 Å². The number of carbonyl (C=O) groups is 2. The molecular weight excluding hydrogens is 366 g/mol. The lowest BCUT2D eigenvalue weighted by atomic mass is 10.1. The van der Waals surface area contributed by atoms with Gasteiger partial charge >= 0.3 is 0 Å². The minimum absolute atomic E-state index is 0.244. The van der Waals surface area contributed by atoms with E-state index in [4.69, 9.17) is 0 Å². The van der Waals surface area contributed by atoms with Gasteiger partial charge in [0, 0.05) is 25.0 Å². The van der Waals surface area contributed by atoms with E-state index in [9.17, 15) is 18.4 Å². The van der Waals surface area contributed by atoms with Crippen molar-refractivity contribution in [1.29, 1.82) is 0 Å². The number of nitrogens with one attached hydrogen (secondary N) is 2. The van der Waals surface area contributed by atoms with Crippen LogP contribution in [0.1, 0.15) is 27.8 Å². The molecule has 144 valence electrons. The first-order valence-electron chi connectivity index (χ1n) is 8.50. The number of hydrogen-bond acceptors (Lipinski definition) is 3. The van der Waals surface area contributed by atoms with Gasteiger partial charge in [-0.05, 0) is 42.0 Å². The maximum absolute atomic E-state index is 13.3. The Kier molecular flexibility index (Phi) is 5.78. The van der Waals surface area contributed by atoms with Gasteiger partial charge in [0.15, 0.2) is 0 Å². The second kappa shape index (κ2) is 8.43. The highest BCUT2D eigenvalue weighted by Gasteiger charge is 2.21. The van der Waals surface area contributed by atoms with Gasteiger partial charge in [-0.3, -0.25) is 9.59 Å². The van der Waals surface area contributed by atoms with E-state index in [0.29, 0.717) is 11.4 Å². The van der Waals surface area contributed by atoms with Crippen molar-refractivity contribution in [2.45, 2.75) is 6.04 Å². The molecule has 0 aliphatic carbocycles. The minimum Gasteiger partial charge on any atom is -0.343 e. The molecule has 1 atom stereocenters. The Hall–Kier alpha value is -3.55. The molecule has 1 heterocycles. The summed E-state index contributed by atoms with van der Waals surface area (Å²) in [5, 5.41) is 5.28. The summed E-state index contributed by atoms with van der Waals surface area (Å²) in [5.74, 6) is -1.23. The van der Waals surface area contributed by atoms with E-state index in [-0.39, 0.29) is 17.9 Å². The van der Waals surface area contributed by atoms with Crippen molar-refractivity contribution in [2.24, 2.45) is 7.05 Å². The Morgan fingerprint density at radius 3 is 2.21 bits per heavy atom. The largest absolute Gasteiger partial charge is 0.343 e. The summed E-state index contributed by atoms with van der Waals surface area (Å²) in [6.45, 7) is -0.279. The Balaban J connectivity index is 1.69. The Morgan fingerprint density at radius 2 is 1.64 bits per heavy atom. The van der Waals surface area contributed by atoms with Crippen LogP contribution in [0.25, 0.3) is 0 Å². The van der Waals surface area contributed by atoms with E-state index < -0.39 is 23.7 Å². The number of aromatic nitrogens is 2. The predicted octanol–water partition coefficient (Wildman–Crippen LogP) is 2.33. The molecule has 0 saturated carbocycles. The summed E-state index contributed by atoms with van der Waals surface area (Å²) in [7, 11) is 1.78. The fourth-order valence-electron chi connectivity index (χ4n) is 2.68. The molecule has 2 aromatic carbocycles. The van der Waals surface area contributed by atoms with Crippen molar-refractivity contribution < 1.29 is 18.4 Å². The first-order valence-corrected chi connectivity index (χ1v) is 8.50. The SMILES string of the molecule is Cn1ccnc1C(NC(=O)CNC(=O)c1ccc(F)cc1)c1ccc(F)cc1. The van der Waals surface area contributed by atoms with Gasteiger partial charge in [0.05, 0.1) is 6.54 Å². The number of nitrogens with zero attached hydrogens (tertiary/aromatic N) is 2. The van der Waals surface area contributed by atoms with Crippen molar-refractivity contribution in [2.75, 3.05) is 6.54 Å². The maximum Gasteiger partial charge on any atom is 0.251 e. The number of imidazole rings is 1. The molecule has 0 fully saturated rings. The summed E-state index contributed by atoms with van der Waals surface area (Å²) in [5.41, 5.74) is 0.891. The van der Waals surface area contributed by atoms with Crippen LogP contribution in [0, 0.1) is 11.6 Å². The molecular formula is C20H18F2N4O2. The molecule has 0 aliphatic rings. The van der Waals surface area contributed by atoms with Gasteiger partial charge in [0.25, 0.3) is 5.91 Å². The maximum atomic E-state index is 13.3. The third-order valence-corrected chi connectivity index (χ3v) is 4.14. The van der Waals surface area contributed by atoms with Crippen LogP contribution in [-0.4, -0.2) is 27.9 Å². The van der Waals surface area contributed by atoms with Crippen molar-refractivity contribution in [3.05, 3.63) is 89.5 Å². The molecule has 2 N–H and O–H groups in total. The highest BCUT2D eigenvalue weighted by molar-refractivity contribution is 5.96. The van der Waals surface area contributed by atoms with Crippen LogP contribution in [0.2, 0.25) is 0 Å². The van der Waals surface area contributed by atoms with Gasteiger partial charge in [-0.2, -0.15) is 0 Å². The number of benzene rings is 2. The molecule has 8 heteroatoms. The van der Waals surface area contributed by atoms with Gasteiger partial charge in [-0.1, -0.05) is 12.1 Å². The number of hydrogen-bond donors (Lipinski definition) is 2. The lowest BCUT2D eigenvalue weighted by Gasteiger charge is -2.19. The van der Waals surface area contributed by atoms with Gasteiger partial charge in [-0.15, -0.1) is 0 Å². The van der Waals surface area contributed by atoms with E-state index in [2.05, 4.69) is 15.6 Å². The number of amides is 2. The zero-order valence-electron chi connectivity index (χ0n) is 15.0. The molecule has 6 nitrogen and oxygen atoms in total. The van der Waals surface area contributed by atoms with Gasteiger partial charge in [0.1, 0.15) is 23.5 Å². The zero-order chi connectivity index (χ0) is 20.1. The second-order valence-corrected chi connectivity index (χ2v) is 6.14. The van der Waals surface area contributed by atoms with Crippen molar-refractivity contribution in [1.82, 2.24) is 20.2 Å². The number of aryl methyl sites for hydroxylation is 1. The topological polar surface area (TPSA) is 76.0 Å². The molecule has 2 amide bonds.